The van der Waals surface area contributed by atoms with Crippen molar-refractivity contribution in [1.29, 1.82) is 0 Å². The molecule has 0 spiro atoms. The first kappa shape index (κ1) is 14.9. The number of hydrogen-bond donors (Lipinski definition) is 1. The molecule has 0 saturated heterocycles. The summed E-state index contributed by atoms with van der Waals surface area (Å²) in [5.41, 5.74) is 5.66. The Morgan fingerprint density at radius 3 is 2.65 bits per heavy atom. The molecule has 23 heavy (non-hydrogen) atoms. The summed E-state index contributed by atoms with van der Waals surface area (Å²) < 4.78 is 6.40. The van der Waals surface area contributed by atoms with Gasteiger partial charge in [-0.2, -0.15) is 0 Å². The molecule has 3 aliphatic rings. The molecular weight excluding hydrogens is 284 g/mol. The first-order valence-corrected chi connectivity index (χ1v) is 8.80. The number of phenols is 1. The van der Waals surface area contributed by atoms with Crippen LogP contribution in [0.25, 0.3) is 6.08 Å². The van der Waals surface area contributed by atoms with E-state index in [1.54, 1.807) is 0 Å². The van der Waals surface area contributed by atoms with Crippen LogP contribution in [-0.4, -0.2) is 10.7 Å². The molecular formula is C21H26O2. The van der Waals surface area contributed by atoms with Gasteiger partial charge in [-0.05, 0) is 71.3 Å². The highest BCUT2D eigenvalue weighted by molar-refractivity contribution is 5.74. The lowest BCUT2D eigenvalue weighted by Gasteiger charge is -2.33. The minimum Gasteiger partial charge on any atom is -0.507 e. The highest BCUT2D eigenvalue weighted by atomic mass is 16.5. The third-order valence-corrected chi connectivity index (χ3v) is 5.63. The SMILES string of the molecule is CC(C)=CCc1c(O)c2c(c3c1C=CC(C)(C)O3)C1CCC2C1. The van der Waals surface area contributed by atoms with E-state index in [1.807, 2.05) is 0 Å². The van der Waals surface area contributed by atoms with Crippen molar-refractivity contribution in [2.75, 3.05) is 0 Å². The van der Waals surface area contributed by atoms with Crippen molar-refractivity contribution in [3.8, 4) is 11.5 Å². The summed E-state index contributed by atoms with van der Waals surface area (Å²) >= 11 is 0. The average molecular weight is 310 g/mol. The fourth-order valence-electron chi connectivity index (χ4n) is 4.53. The van der Waals surface area contributed by atoms with Gasteiger partial charge in [0.05, 0.1) is 0 Å². The summed E-state index contributed by atoms with van der Waals surface area (Å²) in [6.07, 6.45) is 10.9. The Hall–Kier alpha value is -1.70. The van der Waals surface area contributed by atoms with E-state index in [9.17, 15) is 5.11 Å². The van der Waals surface area contributed by atoms with Crippen molar-refractivity contribution in [3.63, 3.8) is 0 Å². The molecule has 1 saturated carbocycles. The Morgan fingerprint density at radius 2 is 1.96 bits per heavy atom. The monoisotopic (exact) mass is 310 g/mol. The second-order valence-electron chi connectivity index (χ2n) is 8.13. The van der Waals surface area contributed by atoms with E-state index in [2.05, 4.69) is 45.9 Å². The molecule has 0 aromatic heterocycles. The van der Waals surface area contributed by atoms with Crippen molar-refractivity contribution in [3.05, 3.63) is 40.0 Å². The van der Waals surface area contributed by atoms with Gasteiger partial charge in [0.2, 0.25) is 0 Å². The number of allylic oxidation sites excluding steroid dienone is 2. The molecule has 0 radical (unpaired) electrons. The lowest BCUT2D eigenvalue weighted by atomic mass is 9.83. The van der Waals surface area contributed by atoms with E-state index in [-0.39, 0.29) is 5.60 Å². The zero-order valence-electron chi connectivity index (χ0n) is 14.6. The molecule has 1 N–H and O–H groups in total. The van der Waals surface area contributed by atoms with Crippen molar-refractivity contribution >= 4 is 6.08 Å². The van der Waals surface area contributed by atoms with Gasteiger partial charge in [0, 0.05) is 22.3 Å². The lowest BCUT2D eigenvalue weighted by molar-refractivity contribution is 0.156. The quantitative estimate of drug-likeness (QED) is 0.736. The van der Waals surface area contributed by atoms with Crippen LogP contribution in [0.3, 0.4) is 0 Å². The Bertz CT molecular complexity index is 733. The van der Waals surface area contributed by atoms with Crippen molar-refractivity contribution in [2.24, 2.45) is 0 Å². The molecule has 1 aromatic carbocycles. The maximum absolute atomic E-state index is 11.0. The number of aromatic hydroxyl groups is 1. The van der Waals surface area contributed by atoms with Gasteiger partial charge in [-0.1, -0.05) is 17.7 Å². The molecule has 2 heteroatoms. The van der Waals surface area contributed by atoms with Gasteiger partial charge in [0.1, 0.15) is 17.1 Å². The van der Waals surface area contributed by atoms with Gasteiger partial charge in [0.25, 0.3) is 0 Å². The summed E-state index contributed by atoms with van der Waals surface area (Å²) in [4.78, 5) is 0. The van der Waals surface area contributed by atoms with Gasteiger partial charge in [-0.15, -0.1) is 0 Å². The van der Waals surface area contributed by atoms with Gasteiger partial charge in [-0.25, -0.2) is 0 Å². The zero-order valence-corrected chi connectivity index (χ0v) is 14.6. The Balaban J connectivity index is 1.95. The average Bonchev–Trinajstić information content (AvgIpc) is 3.07. The van der Waals surface area contributed by atoms with Crippen molar-refractivity contribution < 1.29 is 9.84 Å². The maximum Gasteiger partial charge on any atom is 0.132 e. The predicted molar refractivity (Wildman–Crippen MR) is 94.3 cm³/mol. The number of rotatable bonds is 2. The Kier molecular flexibility index (Phi) is 3.16. The van der Waals surface area contributed by atoms with Crippen LogP contribution in [0.2, 0.25) is 0 Å². The van der Waals surface area contributed by atoms with Gasteiger partial charge < -0.3 is 9.84 Å². The topological polar surface area (TPSA) is 29.5 Å². The fourth-order valence-corrected chi connectivity index (χ4v) is 4.53. The molecule has 2 unspecified atom stereocenters. The molecule has 2 bridgehead atoms. The molecule has 1 aliphatic heterocycles. The summed E-state index contributed by atoms with van der Waals surface area (Å²) in [6, 6.07) is 0. The van der Waals surface area contributed by atoms with Crippen LogP contribution in [0.15, 0.2) is 17.7 Å². The maximum atomic E-state index is 11.0. The molecule has 1 aromatic rings. The molecule has 122 valence electrons. The van der Waals surface area contributed by atoms with Crippen LogP contribution in [-0.2, 0) is 6.42 Å². The minimum atomic E-state index is -0.270. The first-order valence-electron chi connectivity index (χ1n) is 8.80. The molecule has 2 nitrogen and oxygen atoms in total. The number of ether oxygens (including phenoxy) is 1. The van der Waals surface area contributed by atoms with Crippen LogP contribution in [0, 0.1) is 0 Å². The number of benzene rings is 1. The van der Waals surface area contributed by atoms with Crippen LogP contribution >= 0.6 is 0 Å². The third kappa shape index (κ3) is 2.22. The first-order chi connectivity index (χ1) is 10.9. The lowest BCUT2D eigenvalue weighted by Crippen LogP contribution is -2.29. The zero-order chi connectivity index (χ0) is 16.4. The third-order valence-electron chi connectivity index (χ3n) is 5.63. The van der Waals surface area contributed by atoms with E-state index in [1.165, 1.54) is 36.0 Å². The summed E-state index contributed by atoms with van der Waals surface area (Å²) in [6.45, 7) is 8.42. The van der Waals surface area contributed by atoms with Gasteiger partial charge in [0.15, 0.2) is 0 Å². The molecule has 4 rings (SSSR count). The van der Waals surface area contributed by atoms with E-state index < -0.39 is 0 Å². The van der Waals surface area contributed by atoms with E-state index in [0.29, 0.717) is 17.6 Å². The number of fused-ring (bicyclic) bond motifs is 7. The van der Waals surface area contributed by atoms with Gasteiger partial charge >= 0.3 is 0 Å². The smallest absolute Gasteiger partial charge is 0.132 e. The number of hydrogen-bond acceptors (Lipinski definition) is 2. The summed E-state index contributed by atoms with van der Waals surface area (Å²) in [7, 11) is 0. The van der Waals surface area contributed by atoms with Crippen molar-refractivity contribution in [2.45, 2.75) is 70.8 Å². The summed E-state index contributed by atoms with van der Waals surface area (Å²) in [5.74, 6) is 2.70. The standard InChI is InChI=1S/C21H26O2/c1-12(2)5-8-15-16-9-10-21(3,4)23-20(16)18-14-7-6-13(11-14)17(18)19(15)22/h5,9-10,13-14,22H,6-8,11H2,1-4H3. The second kappa shape index (κ2) is 4.90. The Morgan fingerprint density at radius 1 is 1.26 bits per heavy atom. The Labute approximate surface area is 138 Å². The molecule has 1 fully saturated rings. The minimum absolute atomic E-state index is 0.270. The van der Waals surface area contributed by atoms with E-state index in [0.717, 1.165) is 23.3 Å². The summed E-state index contributed by atoms with van der Waals surface area (Å²) in [5, 5.41) is 11.0. The van der Waals surface area contributed by atoms with E-state index >= 15 is 0 Å². The van der Waals surface area contributed by atoms with Crippen molar-refractivity contribution in [1.82, 2.24) is 0 Å². The molecule has 2 atom stereocenters. The second-order valence-corrected chi connectivity index (χ2v) is 8.13. The highest BCUT2D eigenvalue weighted by Crippen LogP contribution is 2.61. The van der Waals surface area contributed by atoms with Crippen LogP contribution < -0.4 is 4.74 Å². The predicted octanol–water partition coefficient (Wildman–Crippen LogP) is 5.45. The molecule has 0 amide bonds. The normalized spacial score (nSPS) is 25.7. The highest BCUT2D eigenvalue weighted by Gasteiger charge is 2.44. The van der Waals surface area contributed by atoms with Gasteiger partial charge in [-0.3, -0.25) is 0 Å². The van der Waals surface area contributed by atoms with Crippen LogP contribution in [0.5, 0.6) is 11.5 Å². The molecule has 1 heterocycles. The largest absolute Gasteiger partial charge is 0.507 e. The number of phenolic OH excluding ortho intramolecular Hbond substituents is 1. The van der Waals surface area contributed by atoms with Crippen LogP contribution in [0.4, 0.5) is 0 Å². The fraction of sp³-hybridized carbons (Fsp3) is 0.524. The molecule has 2 aliphatic carbocycles. The van der Waals surface area contributed by atoms with E-state index in [4.69, 9.17) is 4.74 Å². The van der Waals surface area contributed by atoms with Crippen LogP contribution in [0.1, 0.15) is 81.0 Å².